The van der Waals surface area contributed by atoms with Gasteiger partial charge in [-0.05, 0) is 39.2 Å². The van der Waals surface area contributed by atoms with Crippen LogP contribution in [-0.2, 0) is 16.0 Å². The lowest BCUT2D eigenvalue weighted by Crippen LogP contribution is -2.41. The van der Waals surface area contributed by atoms with Crippen molar-refractivity contribution < 1.29 is 9.59 Å². The summed E-state index contributed by atoms with van der Waals surface area (Å²) in [5.74, 6) is -1.41. The average molecular weight is 275 g/mol. The first-order valence-corrected chi connectivity index (χ1v) is 6.67. The van der Waals surface area contributed by atoms with Gasteiger partial charge < -0.3 is 5.32 Å². The van der Waals surface area contributed by atoms with Crippen LogP contribution in [0.1, 0.15) is 32.8 Å². The third-order valence-electron chi connectivity index (χ3n) is 2.59. The Hall–Kier alpha value is -2.17. The van der Waals surface area contributed by atoms with Crippen molar-refractivity contribution in [3.63, 3.8) is 0 Å². The number of benzene rings is 1. The summed E-state index contributed by atoms with van der Waals surface area (Å²) >= 11 is 0. The lowest BCUT2D eigenvalue weighted by molar-refractivity contribution is -0.139. The molecule has 0 aliphatic rings. The monoisotopic (exact) mass is 275 g/mol. The number of aryl methyl sites for hydroxylation is 1. The van der Waals surface area contributed by atoms with Crippen LogP contribution in [0, 0.1) is 0 Å². The Morgan fingerprint density at radius 2 is 1.80 bits per heavy atom. The van der Waals surface area contributed by atoms with E-state index in [4.69, 9.17) is 0 Å². The van der Waals surface area contributed by atoms with Crippen LogP contribution in [0.4, 0.5) is 0 Å². The number of rotatable bonds is 5. The Labute approximate surface area is 119 Å². The van der Waals surface area contributed by atoms with Crippen LogP contribution in [0.15, 0.2) is 35.4 Å². The second-order valence-corrected chi connectivity index (χ2v) is 4.90. The van der Waals surface area contributed by atoms with E-state index in [0.717, 1.165) is 18.6 Å². The predicted molar refractivity (Wildman–Crippen MR) is 79.3 cm³/mol. The van der Waals surface area contributed by atoms with Gasteiger partial charge in [0.2, 0.25) is 0 Å². The fourth-order valence-corrected chi connectivity index (χ4v) is 1.55. The number of hydrazone groups is 1. The van der Waals surface area contributed by atoms with Gasteiger partial charge in [-0.3, -0.25) is 9.59 Å². The highest BCUT2D eigenvalue weighted by Gasteiger charge is 2.13. The van der Waals surface area contributed by atoms with Crippen LogP contribution >= 0.6 is 0 Å². The van der Waals surface area contributed by atoms with Crippen molar-refractivity contribution in [1.29, 1.82) is 0 Å². The molecule has 0 saturated heterocycles. The summed E-state index contributed by atoms with van der Waals surface area (Å²) in [4.78, 5) is 22.8. The fourth-order valence-electron chi connectivity index (χ4n) is 1.55. The lowest BCUT2D eigenvalue weighted by Gasteiger charge is -2.07. The van der Waals surface area contributed by atoms with Gasteiger partial charge in [0.25, 0.3) is 0 Å². The minimum absolute atomic E-state index is 0.0728. The molecule has 0 aliphatic heterocycles. The fraction of sp³-hybridized carbons (Fsp3) is 0.400. The summed E-state index contributed by atoms with van der Waals surface area (Å²) in [6.45, 7) is 5.41. The molecule has 2 N–H and O–H groups in total. The maximum Gasteiger partial charge on any atom is 0.329 e. The second kappa shape index (κ2) is 8.09. The minimum atomic E-state index is -0.738. The predicted octanol–water partition coefficient (Wildman–Crippen LogP) is 1.64. The second-order valence-electron chi connectivity index (χ2n) is 4.90. The Balaban J connectivity index is 2.38. The van der Waals surface area contributed by atoms with E-state index in [-0.39, 0.29) is 6.04 Å². The van der Waals surface area contributed by atoms with Gasteiger partial charge in [-0.2, -0.15) is 5.10 Å². The summed E-state index contributed by atoms with van der Waals surface area (Å²) in [5.41, 5.74) is 4.25. The van der Waals surface area contributed by atoms with Crippen LogP contribution in [0.5, 0.6) is 0 Å². The molecule has 1 aromatic carbocycles. The van der Waals surface area contributed by atoms with E-state index in [1.807, 2.05) is 37.3 Å². The normalized spacial score (nSPS) is 11.3. The van der Waals surface area contributed by atoms with E-state index >= 15 is 0 Å². The van der Waals surface area contributed by atoms with Gasteiger partial charge >= 0.3 is 11.8 Å². The van der Waals surface area contributed by atoms with E-state index in [9.17, 15) is 9.59 Å². The first-order valence-electron chi connectivity index (χ1n) is 6.67. The van der Waals surface area contributed by atoms with Gasteiger partial charge in [0, 0.05) is 11.8 Å². The van der Waals surface area contributed by atoms with E-state index in [1.165, 1.54) is 5.56 Å². The smallest absolute Gasteiger partial charge is 0.329 e. The van der Waals surface area contributed by atoms with E-state index in [0.29, 0.717) is 0 Å². The molecule has 0 aromatic heterocycles. The molecule has 0 heterocycles. The molecule has 2 amide bonds. The Morgan fingerprint density at radius 1 is 1.15 bits per heavy atom. The number of hydrogen-bond acceptors (Lipinski definition) is 3. The number of nitrogens with one attached hydrogen (secondary N) is 2. The summed E-state index contributed by atoms with van der Waals surface area (Å²) in [5, 5.41) is 6.43. The molecule has 0 radical (unpaired) electrons. The molecule has 0 unspecified atom stereocenters. The van der Waals surface area contributed by atoms with Crippen molar-refractivity contribution in [3.05, 3.63) is 35.9 Å². The molecule has 0 saturated carbocycles. The maximum atomic E-state index is 11.4. The number of hydrogen-bond donors (Lipinski definition) is 2. The molecule has 0 atom stereocenters. The van der Waals surface area contributed by atoms with Crippen molar-refractivity contribution >= 4 is 17.5 Å². The van der Waals surface area contributed by atoms with Crippen molar-refractivity contribution in [1.82, 2.24) is 10.7 Å². The molecular formula is C15H21N3O2. The quantitative estimate of drug-likeness (QED) is 0.487. The Bertz CT molecular complexity index is 481. The topological polar surface area (TPSA) is 70.6 Å². The zero-order valence-electron chi connectivity index (χ0n) is 12.1. The third kappa shape index (κ3) is 6.13. The molecule has 0 bridgehead atoms. The summed E-state index contributed by atoms with van der Waals surface area (Å²) in [6, 6.07) is 9.96. The molecule has 0 fully saturated rings. The minimum Gasteiger partial charge on any atom is -0.346 e. The van der Waals surface area contributed by atoms with Crippen molar-refractivity contribution in [2.45, 2.75) is 39.7 Å². The molecule has 108 valence electrons. The van der Waals surface area contributed by atoms with Gasteiger partial charge in [0.15, 0.2) is 0 Å². The summed E-state index contributed by atoms with van der Waals surface area (Å²) in [7, 11) is 0. The zero-order chi connectivity index (χ0) is 15.0. The molecule has 0 spiro atoms. The van der Waals surface area contributed by atoms with Gasteiger partial charge in [0.05, 0.1) is 0 Å². The third-order valence-corrected chi connectivity index (χ3v) is 2.59. The van der Waals surface area contributed by atoms with Gasteiger partial charge in [-0.15, -0.1) is 0 Å². The van der Waals surface area contributed by atoms with Crippen LogP contribution in [0.25, 0.3) is 0 Å². The lowest BCUT2D eigenvalue weighted by atomic mass is 10.1. The number of carbonyl (C=O) groups excluding carboxylic acids is 2. The SMILES string of the molecule is C/C(CCc1ccccc1)=N\NC(=O)C(=O)NC(C)C. The van der Waals surface area contributed by atoms with Gasteiger partial charge in [-0.1, -0.05) is 30.3 Å². The highest BCUT2D eigenvalue weighted by Crippen LogP contribution is 2.02. The molecule has 1 aromatic rings. The first kappa shape index (κ1) is 15.9. The van der Waals surface area contributed by atoms with Crippen LogP contribution in [0.3, 0.4) is 0 Å². The van der Waals surface area contributed by atoms with E-state index < -0.39 is 11.8 Å². The summed E-state index contributed by atoms with van der Waals surface area (Å²) in [6.07, 6.45) is 1.58. The van der Waals surface area contributed by atoms with Crippen molar-refractivity contribution in [2.24, 2.45) is 5.10 Å². The van der Waals surface area contributed by atoms with E-state index in [2.05, 4.69) is 15.8 Å². The van der Waals surface area contributed by atoms with E-state index in [1.54, 1.807) is 13.8 Å². The van der Waals surface area contributed by atoms with Crippen LogP contribution < -0.4 is 10.7 Å². The van der Waals surface area contributed by atoms with Crippen LogP contribution in [-0.4, -0.2) is 23.6 Å². The molecule has 0 aliphatic carbocycles. The highest BCUT2D eigenvalue weighted by molar-refractivity contribution is 6.35. The molecule has 5 nitrogen and oxygen atoms in total. The summed E-state index contributed by atoms with van der Waals surface area (Å²) < 4.78 is 0. The average Bonchev–Trinajstić information content (AvgIpc) is 2.42. The largest absolute Gasteiger partial charge is 0.346 e. The Morgan fingerprint density at radius 3 is 2.40 bits per heavy atom. The molecular weight excluding hydrogens is 254 g/mol. The molecule has 5 heteroatoms. The van der Waals surface area contributed by atoms with Crippen molar-refractivity contribution in [2.75, 3.05) is 0 Å². The number of amides is 2. The standard InChI is InChI=1S/C15H21N3O2/c1-11(2)16-14(19)15(20)18-17-12(3)9-10-13-7-5-4-6-8-13/h4-8,11H,9-10H2,1-3H3,(H,16,19)(H,18,20)/b17-12+. The molecule has 20 heavy (non-hydrogen) atoms. The van der Waals surface area contributed by atoms with Gasteiger partial charge in [0.1, 0.15) is 0 Å². The molecule has 1 rings (SSSR count). The first-order chi connectivity index (χ1) is 9.49. The maximum absolute atomic E-state index is 11.4. The van der Waals surface area contributed by atoms with Crippen molar-refractivity contribution in [3.8, 4) is 0 Å². The Kier molecular flexibility index (Phi) is 6.43. The zero-order valence-corrected chi connectivity index (χ0v) is 12.1. The number of nitrogens with zero attached hydrogens (tertiary/aromatic N) is 1. The number of carbonyl (C=O) groups is 2. The van der Waals surface area contributed by atoms with Gasteiger partial charge in [-0.25, -0.2) is 5.43 Å². The van der Waals surface area contributed by atoms with Crippen LogP contribution in [0.2, 0.25) is 0 Å². The highest BCUT2D eigenvalue weighted by atomic mass is 16.2.